The average Bonchev–Trinajstić information content (AvgIpc) is 2.44. The van der Waals surface area contributed by atoms with Gasteiger partial charge in [-0.3, -0.25) is 9.78 Å². The van der Waals surface area contributed by atoms with Crippen molar-refractivity contribution < 1.29 is 4.79 Å². The molecule has 1 amide bonds. The van der Waals surface area contributed by atoms with Crippen LogP contribution in [-0.2, 0) is 11.3 Å². The van der Waals surface area contributed by atoms with E-state index in [1.807, 2.05) is 52.0 Å². The third-order valence-electron chi connectivity index (χ3n) is 3.79. The van der Waals surface area contributed by atoms with Gasteiger partial charge in [-0.15, -0.1) is 0 Å². The fourth-order valence-corrected chi connectivity index (χ4v) is 2.24. The number of aryl methyl sites for hydroxylation is 1. The summed E-state index contributed by atoms with van der Waals surface area (Å²) in [5.41, 5.74) is 8.90. The van der Waals surface area contributed by atoms with Crippen LogP contribution in [-0.4, -0.2) is 16.9 Å². The molecule has 0 spiro atoms. The van der Waals surface area contributed by atoms with Crippen LogP contribution in [0.5, 0.6) is 0 Å². The summed E-state index contributed by atoms with van der Waals surface area (Å²) in [4.78, 5) is 16.5. The van der Waals surface area contributed by atoms with E-state index in [-0.39, 0.29) is 11.3 Å². The molecule has 0 saturated carbocycles. The number of rotatable bonds is 3. The van der Waals surface area contributed by atoms with Crippen LogP contribution in [0.15, 0.2) is 30.5 Å². The quantitative estimate of drug-likeness (QED) is 0.910. The molecule has 0 saturated heterocycles. The first-order valence-electron chi connectivity index (χ1n) is 7.17. The Balaban J connectivity index is 2.21. The first-order valence-corrected chi connectivity index (χ1v) is 7.17. The minimum absolute atomic E-state index is 0.122. The van der Waals surface area contributed by atoms with Gasteiger partial charge >= 0.3 is 0 Å². The van der Waals surface area contributed by atoms with Crippen LogP contribution in [0.1, 0.15) is 31.9 Å². The number of fused-ring (bicyclic) bond motifs is 1. The van der Waals surface area contributed by atoms with E-state index in [9.17, 15) is 4.79 Å². The number of nitrogens with one attached hydrogen (secondary N) is 1. The van der Waals surface area contributed by atoms with Gasteiger partial charge in [0.1, 0.15) is 0 Å². The molecule has 0 bridgehead atoms. The molecule has 1 atom stereocenters. The van der Waals surface area contributed by atoms with Crippen molar-refractivity contribution in [2.75, 3.05) is 0 Å². The van der Waals surface area contributed by atoms with Gasteiger partial charge in [-0.05, 0) is 35.6 Å². The molecular formula is C17H23N3O. The highest BCUT2D eigenvalue weighted by molar-refractivity contribution is 5.85. The maximum absolute atomic E-state index is 12.2. The van der Waals surface area contributed by atoms with Gasteiger partial charge in [0, 0.05) is 18.1 Å². The molecule has 4 heteroatoms. The van der Waals surface area contributed by atoms with Gasteiger partial charge < -0.3 is 11.1 Å². The van der Waals surface area contributed by atoms with Crippen LogP contribution in [0.2, 0.25) is 0 Å². The lowest BCUT2D eigenvalue weighted by Gasteiger charge is -2.26. The summed E-state index contributed by atoms with van der Waals surface area (Å²) in [7, 11) is 0. The van der Waals surface area contributed by atoms with Crippen LogP contribution in [0.4, 0.5) is 0 Å². The zero-order valence-electron chi connectivity index (χ0n) is 13.1. The third kappa shape index (κ3) is 3.39. The Morgan fingerprint density at radius 3 is 2.71 bits per heavy atom. The van der Waals surface area contributed by atoms with Crippen molar-refractivity contribution in [3.63, 3.8) is 0 Å². The van der Waals surface area contributed by atoms with E-state index in [0.29, 0.717) is 6.54 Å². The van der Waals surface area contributed by atoms with Crippen molar-refractivity contribution in [2.45, 2.75) is 40.3 Å². The predicted molar refractivity (Wildman–Crippen MR) is 85.8 cm³/mol. The van der Waals surface area contributed by atoms with E-state index in [1.54, 1.807) is 6.20 Å². The minimum Gasteiger partial charge on any atom is -0.351 e. The van der Waals surface area contributed by atoms with Gasteiger partial charge in [0.05, 0.1) is 11.6 Å². The number of benzene rings is 1. The lowest BCUT2D eigenvalue weighted by molar-refractivity contribution is -0.124. The number of carbonyl (C=O) groups is 1. The molecule has 3 N–H and O–H groups in total. The Hall–Kier alpha value is -1.94. The summed E-state index contributed by atoms with van der Waals surface area (Å²) in [6, 6.07) is 7.44. The molecule has 1 aromatic carbocycles. The monoisotopic (exact) mass is 285 g/mol. The lowest BCUT2D eigenvalue weighted by Crippen LogP contribution is -2.48. The molecule has 0 radical (unpaired) electrons. The van der Waals surface area contributed by atoms with Gasteiger partial charge in [0.25, 0.3) is 0 Å². The normalized spacial score (nSPS) is 13.2. The Morgan fingerprint density at radius 1 is 1.33 bits per heavy atom. The lowest BCUT2D eigenvalue weighted by atomic mass is 9.87. The standard InChI is InChI=1S/C17H23N3O/c1-11-7-8-14-12(6-5-9-19-14)13(11)10-20-16(21)15(18)17(2,3)4/h5-9,15H,10,18H2,1-4H3,(H,20,21)/t15-/m1/s1. The van der Waals surface area contributed by atoms with Gasteiger partial charge in [-0.2, -0.15) is 0 Å². The second kappa shape index (κ2) is 5.82. The van der Waals surface area contributed by atoms with Crippen LogP contribution < -0.4 is 11.1 Å². The Morgan fingerprint density at radius 2 is 2.05 bits per heavy atom. The molecule has 1 heterocycles. The largest absolute Gasteiger partial charge is 0.351 e. The number of hydrogen-bond donors (Lipinski definition) is 2. The summed E-state index contributed by atoms with van der Waals surface area (Å²) in [5, 5.41) is 4.02. The Kier molecular flexibility index (Phi) is 4.28. The molecule has 112 valence electrons. The highest BCUT2D eigenvalue weighted by Crippen LogP contribution is 2.21. The van der Waals surface area contributed by atoms with Crippen molar-refractivity contribution in [3.8, 4) is 0 Å². The van der Waals surface area contributed by atoms with E-state index in [2.05, 4.69) is 10.3 Å². The molecule has 0 unspecified atom stereocenters. The average molecular weight is 285 g/mol. The van der Waals surface area contributed by atoms with Crippen molar-refractivity contribution in [3.05, 3.63) is 41.6 Å². The summed E-state index contributed by atoms with van der Waals surface area (Å²) in [6.07, 6.45) is 1.77. The third-order valence-corrected chi connectivity index (χ3v) is 3.79. The second-order valence-corrected chi connectivity index (χ2v) is 6.49. The zero-order chi connectivity index (χ0) is 15.6. The Bertz CT molecular complexity index is 659. The van der Waals surface area contributed by atoms with Crippen LogP contribution in [0.25, 0.3) is 10.9 Å². The van der Waals surface area contributed by atoms with E-state index in [1.165, 1.54) is 0 Å². The number of amides is 1. The molecule has 21 heavy (non-hydrogen) atoms. The van der Waals surface area contributed by atoms with Crippen LogP contribution in [0, 0.1) is 12.3 Å². The van der Waals surface area contributed by atoms with E-state index < -0.39 is 6.04 Å². The van der Waals surface area contributed by atoms with Crippen molar-refractivity contribution >= 4 is 16.8 Å². The number of nitrogens with two attached hydrogens (primary N) is 1. The molecule has 0 fully saturated rings. The van der Waals surface area contributed by atoms with Crippen LogP contribution in [0.3, 0.4) is 0 Å². The fourth-order valence-electron chi connectivity index (χ4n) is 2.24. The van der Waals surface area contributed by atoms with Crippen molar-refractivity contribution in [2.24, 2.45) is 11.1 Å². The van der Waals surface area contributed by atoms with E-state index in [0.717, 1.165) is 22.0 Å². The predicted octanol–water partition coefficient (Wildman–Crippen LogP) is 2.53. The maximum atomic E-state index is 12.2. The number of nitrogens with zero attached hydrogens (tertiary/aromatic N) is 1. The zero-order valence-corrected chi connectivity index (χ0v) is 13.1. The molecule has 2 rings (SSSR count). The highest BCUT2D eigenvalue weighted by Gasteiger charge is 2.27. The van der Waals surface area contributed by atoms with Crippen molar-refractivity contribution in [1.29, 1.82) is 0 Å². The minimum atomic E-state index is -0.522. The van der Waals surface area contributed by atoms with Gasteiger partial charge in [0.15, 0.2) is 0 Å². The highest BCUT2D eigenvalue weighted by atomic mass is 16.2. The number of pyridine rings is 1. The molecule has 4 nitrogen and oxygen atoms in total. The first kappa shape index (κ1) is 15.4. The molecule has 0 aliphatic heterocycles. The maximum Gasteiger partial charge on any atom is 0.237 e. The van der Waals surface area contributed by atoms with E-state index >= 15 is 0 Å². The first-order chi connectivity index (χ1) is 9.80. The number of carbonyl (C=O) groups excluding carboxylic acids is 1. The SMILES string of the molecule is Cc1ccc2ncccc2c1CNC(=O)[C@@H](N)C(C)(C)C. The van der Waals surface area contributed by atoms with Gasteiger partial charge in [-0.25, -0.2) is 0 Å². The Labute approximate surface area is 125 Å². The van der Waals surface area contributed by atoms with E-state index in [4.69, 9.17) is 5.73 Å². The van der Waals surface area contributed by atoms with Gasteiger partial charge in [-0.1, -0.05) is 32.9 Å². The smallest absolute Gasteiger partial charge is 0.237 e. The summed E-state index contributed by atoms with van der Waals surface area (Å²) in [6.45, 7) is 8.40. The molecule has 1 aromatic heterocycles. The van der Waals surface area contributed by atoms with Gasteiger partial charge in [0.2, 0.25) is 5.91 Å². The van der Waals surface area contributed by atoms with Crippen LogP contribution >= 0.6 is 0 Å². The second-order valence-electron chi connectivity index (χ2n) is 6.49. The summed E-state index contributed by atoms with van der Waals surface area (Å²) in [5.74, 6) is -0.122. The topological polar surface area (TPSA) is 68.0 Å². The molecule has 0 aliphatic rings. The fraction of sp³-hybridized carbons (Fsp3) is 0.412. The molecular weight excluding hydrogens is 262 g/mol. The summed E-state index contributed by atoms with van der Waals surface area (Å²) < 4.78 is 0. The molecule has 2 aromatic rings. The number of aromatic nitrogens is 1. The summed E-state index contributed by atoms with van der Waals surface area (Å²) >= 11 is 0. The number of hydrogen-bond acceptors (Lipinski definition) is 3. The van der Waals surface area contributed by atoms with Crippen molar-refractivity contribution in [1.82, 2.24) is 10.3 Å². The molecule has 0 aliphatic carbocycles.